The third kappa shape index (κ3) is 6.62. The third-order valence-corrected chi connectivity index (χ3v) is 5.88. The van der Waals surface area contributed by atoms with E-state index in [-0.39, 0.29) is 0 Å². The molecular formula is C25H36N4. The van der Waals surface area contributed by atoms with Crippen molar-refractivity contribution in [2.45, 2.75) is 45.1 Å². The lowest BCUT2D eigenvalue weighted by Gasteiger charge is -2.28. The molecule has 2 aliphatic rings. The van der Waals surface area contributed by atoms with Gasteiger partial charge in [0.15, 0.2) is 0 Å². The van der Waals surface area contributed by atoms with Crippen molar-refractivity contribution in [2.24, 2.45) is 11.8 Å². The summed E-state index contributed by atoms with van der Waals surface area (Å²) in [7, 11) is 1.87. The number of nitrogens with one attached hydrogen (secondary N) is 2. The maximum absolute atomic E-state index is 6.01. The number of hydrogen-bond donors (Lipinski definition) is 3. The molecule has 3 rings (SSSR count). The van der Waals surface area contributed by atoms with E-state index in [4.69, 9.17) is 5.84 Å². The van der Waals surface area contributed by atoms with Gasteiger partial charge in [0.2, 0.25) is 0 Å². The fourth-order valence-corrected chi connectivity index (χ4v) is 4.17. The molecule has 1 aromatic carbocycles. The first-order valence-electron chi connectivity index (χ1n) is 10.8. The van der Waals surface area contributed by atoms with Crippen LogP contribution in [0.4, 0.5) is 0 Å². The summed E-state index contributed by atoms with van der Waals surface area (Å²) in [4.78, 5) is 0. The second-order valence-corrected chi connectivity index (χ2v) is 8.20. The molecule has 156 valence electrons. The van der Waals surface area contributed by atoms with Gasteiger partial charge in [0.05, 0.1) is 0 Å². The van der Waals surface area contributed by atoms with Crippen LogP contribution in [0.2, 0.25) is 0 Å². The van der Waals surface area contributed by atoms with E-state index in [9.17, 15) is 0 Å². The van der Waals surface area contributed by atoms with Crippen molar-refractivity contribution in [3.05, 3.63) is 83.2 Å². The van der Waals surface area contributed by atoms with Gasteiger partial charge in [-0.3, -0.25) is 0 Å². The molecule has 2 aliphatic carbocycles. The largest absolute Gasteiger partial charge is 0.367 e. The molecule has 0 aliphatic heterocycles. The van der Waals surface area contributed by atoms with Gasteiger partial charge in [0, 0.05) is 20.1 Å². The molecular weight excluding hydrogens is 356 g/mol. The molecule has 0 bridgehead atoms. The van der Waals surface area contributed by atoms with E-state index in [0.29, 0.717) is 0 Å². The Morgan fingerprint density at radius 1 is 1.24 bits per heavy atom. The minimum absolute atomic E-state index is 0.742. The molecule has 0 aromatic heterocycles. The summed E-state index contributed by atoms with van der Waals surface area (Å²) in [5.74, 6) is 7.70. The summed E-state index contributed by atoms with van der Waals surface area (Å²) in [6.45, 7) is 6.43. The molecule has 4 heteroatoms. The number of allylic oxidation sites excluding steroid dienone is 5. The molecule has 0 spiro atoms. The highest BCUT2D eigenvalue weighted by Gasteiger charge is 2.20. The lowest BCUT2D eigenvalue weighted by atomic mass is 9.80. The van der Waals surface area contributed by atoms with E-state index in [1.807, 2.05) is 13.1 Å². The molecule has 0 heterocycles. The average molecular weight is 393 g/mol. The van der Waals surface area contributed by atoms with Crippen molar-refractivity contribution in [2.75, 3.05) is 20.1 Å². The Morgan fingerprint density at radius 3 is 2.79 bits per heavy atom. The normalized spacial score (nSPS) is 19.1. The van der Waals surface area contributed by atoms with Crippen LogP contribution in [0.5, 0.6) is 0 Å². The Bertz CT molecular complexity index is 756. The van der Waals surface area contributed by atoms with Crippen LogP contribution in [0, 0.1) is 5.92 Å². The molecule has 0 saturated heterocycles. The topological polar surface area (TPSA) is 53.3 Å². The van der Waals surface area contributed by atoms with Gasteiger partial charge in [-0.15, -0.1) is 6.58 Å². The molecule has 0 fully saturated rings. The molecule has 4 N–H and O–H groups in total. The quantitative estimate of drug-likeness (QED) is 0.242. The van der Waals surface area contributed by atoms with Crippen molar-refractivity contribution < 1.29 is 0 Å². The van der Waals surface area contributed by atoms with Crippen LogP contribution in [0.15, 0.2) is 72.1 Å². The standard InChI is InChI=1S/C25H36N4/c1-3-6-20-9-11-21(12-10-20)19-28-25(29(2)26)15-16-27-18-22-13-14-23-7-4-5-8-24(23)17-22/h3,5,8-12,15,22,27-28H,1,4,6-7,13-14,16-19,26H2,2H3/b25-15-. The number of nitrogens with zero attached hydrogens (tertiary/aromatic N) is 1. The van der Waals surface area contributed by atoms with Gasteiger partial charge in [0.1, 0.15) is 5.82 Å². The molecule has 0 saturated carbocycles. The highest BCUT2D eigenvalue weighted by Crippen LogP contribution is 2.34. The summed E-state index contributed by atoms with van der Waals surface area (Å²) in [6.07, 6.45) is 16.0. The summed E-state index contributed by atoms with van der Waals surface area (Å²) < 4.78 is 0. The van der Waals surface area contributed by atoms with Crippen LogP contribution in [0.1, 0.15) is 43.2 Å². The van der Waals surface area contributed by atoms with Crippen LogP contribution in [-0.2, 0) is 13.0 Å². The van der Waals surface area contributed by atoms with Crippen LogP contribution in [-0.4, -0.2) is 25.1 Å². The lowest BCUT2D eigenvalue weighted by Crippen LogP contribution is -2.35. The van der Waals surface area contributed by atoms with Gasteiger partial charge >= 0.3 is 0 Å². The van der Waals surface area contributed by atoms with Crippen molar-refractivity contribution in [1.82, 2.24) is 15.6 Å². The van der Waals surface area contributed by atoms with Gasteiger partial charge < -0.3 is 15.6 Å². The van der Waals surface area contributed by atoms with E-state index in [1.54, 1.807) is 16.2 Å². The Kier molecular flexibility index (Phi) is 8.14. The summed E-state index contributed by atoms with van der Waals surface area (Å²) in [6, 6.07) is 8.62. The Balaban J connectivity index is 1.43. The Hall–Kier alpha value is -2.30. The number of hydrogen-bond acceptors (Lipinski definition) is 4. The SMILES string of the molecule is C=CCc1ccc(CN/C(=C/CNCC2CCC3=C(C=CCC3)C2)N(C)N)cc1. The van der Waals surface area contributed by atoms with Gasteiger partial charge in [-0.2, -0.15) is 0 Å². The minimum atomic E-state index is 0.742. The first-order valence-corrected chi connectivity index (χ1v) is 10.8. The fraction of sp³-hybridized carbons (Fsp3) is 0.440. The number of nitrogens with two attached hydrogens (primary N) is 1. The van der Waals surface area contributed by atoms with Crippen molar-refractivity contribution >= 4 is 0 Å². The smallest absolute Gasteiger partial charge is 0.113 e. The van der Waals surface area contributed by atoms with Crippen molar-refractivity contribution in [1.29, 1.82) is 0 Å². The highest BCUT2D eigenvalue weighted by molar-refractivity contribution is 5.31. The third-order valence-electron chi connectivity index (χ3n) is 5.88. The number of hydrazine groups is 1. The van der Waals surface area contributed by atoms with Crippen LogP contribution in [0.3, 0.4) is 0 Å². The van der Waals surface area contributed by atoms with E-state index in [0.717, 1.165) is 37.8 Å². The van der Waals surface area contributed by atoms with Gasteiger partial charge in [0.25, 0.3) is 0 Å². The maximum Gasteiger partial charge on any atom is 0.113 e. The van der Waals surface area contributed by atoms with E-state index >= 15 is 0 Å². The van der Waals surface area contributed by atoms with Crippen LogP contribution in [0.25, 0.3) is 0 Å². The second kappa shape index (κ2) is 11.0. The fourth-order valence-electron chi connectivity index (χ4n) is 4.17. The molecule has 0 amide bonds. The minimum Gasteiger partial charge on any atom is -0.367 e. The average Bonchev–Trinajstić information content (AvgIpc) is 2.74. The molecule has 0 radical (unpaired) electrons. The monoisotopic (exact) mass is 392 g/mol. The molecule has 1 aromatic rings. The summed E-state index contributed by atoms with van der Waals surface area (Å²) in [5, 5.41) is 8.70. The molecule has 1 unspecified atom stereocenters. The van der Waals surface area contributed by atoms with Crippen molar-refractivity contribution in [3.8, 4) is 0 Å². The lowest BCUT2D eigenvalue weighted by molar-refractivity contribution is 0.394. The number of benzene rings is 1. The summed E-state index contributed by atoms with van der Waals surface area (Å²) >= 11 is 0. The highest BCUT2D eigenvalue weighted by atomic mass is 15.4. The van der Waals surface area contributed by atoms with Crippen LogP contribution >= 0.6 is 0 Å². The van der Waals surface area contributed by atoms with Crippen LogP contribution < -0.4 is 16.5 Å². The van der Waals surface area contributed by atoms with Gasteiger partial charge in [-0.1, -0.05) is 48.1 Å². The van der Waals surface area contributed by atoms with Gasteiger partial charge in [-0.25, -0.2) is 5.84 Å². The Labute approximate surface area is 176 Å². The zero-order valence-corrected chi connectivity index (χ0v) is 17.8. The van der Waals surface area contributed by atoms with E-state index in [2.05, 4.69) is 59.7 Å². The Morgan fingerprint density at radius 2 is 2.03 bits per heavy atom. The van der Waals surface area contributed by atoms with E-state index in [1.165, 1.54) is 43.2 Å². The maximum atomic E-state index is 6.01. The second-order valence-electron chi connectivity index (χ2n) is 8.20. The number of rotatable bonds is 10. The predicted octanol–water partition coefficient (Wildman–Crippen LogP) is 4.19. The summed E-state index contributed by atoms with van der Waals surface area (Å²) in [5.41, 5.74) is 5.84. The van der Waals surface area contributed by atoms with Crippen molar-refractivity contribution in [3.63, 3.8) is 0 Å². The zero-order chi connectivity index (χ0) is 20.5. The first-order chi connectivity index (χ1) is 14.2. The molecule has 4 nitrogen and oxygen atoms in total. The van der Waals surface area contributed by atoms with Gasteiger partial charge in [-0.05, 0) is 73.8 Å². The predicted molar refractivity (Wildman–Crippen MR) is 123 cm³/mol. The van der Waals surface area contributed by atoms with E-state index < -0.39 is 0 Å². The molecule has 1 atom stereocenters. The zero-order valence-electron chi connectivity index (χ0n) is 17.8. The first kappa shape index (κ1) is 21.4. The molecule has 29 heavy (non-hydrogen) atoms.